The smallest absolute Gasteiger partial charge is 0.398 e. The van der Waals surface area contributed by atoms with E-state index in [0.29, 0.717) is 4.90 Å². The molecule has 0 bridgehead atoms. The van der Waals surface area contributed by atoms with E-state index in [9.17, 15) is 32.9 Å². The summed E-state index contributed by atoms with van der Waals surface area (Å²) >= 11 is 1.03. The number of oxime groups is 1. The predicted octanol–water partition coefficient (Wildman–Crippen LogP) is 0.257. The monoisotopic (exact) mass is 448 g/mol. The SMILES string of the molecule is CON=C(C(=O)N[C@H]1CN(c2n[nH]c(C(F)(F)F)c2[N+](=O)[O-])C1=O)c1csc(N)n1. The predicted molar refractivity (Wildman–Crippen MR) is 94.6 cm³/mol. The summed E-state index contributed by atoms with van der Waals surface area (Å²) in [6.07, 6.45) is -5.07. The molecule has 0 aliphatic carbocycles. The first-order chi connectivity index (χ1) is 14.0. The van der Waals surface area contributed by atoms with Crippen LogP contribution >= 0.6 is 11.3 Å². The topological polar surface area (TPSA) is 182 Å². The molecule has 2 aromatic heterocycles. The van der Waals surface area contributed by atoms with Crippen molar-refractivity contribution in [2.24, 2.45) is 5.16 Å². The number of aromatic amines is 1. The molecule has 2 amide bonds. The third-order valence-electron chi connectivity index (χ3n) is 3.84. The van der Waals surface area contributed by atoms with Crippen molar-refractivity contribution < 1.29 is 32.5 Å². The van der Waals surface area contributed by atoms with Crippen molar-refractivity contribution in [3.63, 3.8) is 0 Å². The molecule has 0 unspecified atom stereocenters. The third-order valence-corrected chi connectivity index (χ3v) is 4.51. The number of nitrogen functional groups attached to an aromatic ring is 1. The first-order valence-electron chi connectivity index (χ1n) is 7.79. The summed E-state index contributed by atoms with van der Waals surface area (Å²) < 4.78 is 38.7. The number of nitrogens with two attached hydrogens (primary N) is 1. The highest BCUT2D eigenvalue weighted by Crippen LogP contribution is 2.40. The van der Waals surface area contributed by atoms with Crippen molar-refractivity contribution in [2.75, 3.05) is 24.3 Å². The van der Waals surface area contributed by atoms with E-state index < -0.39 is 46.2 Å². The van der Waals surface area contributed by atoms with E-state index in [0.717, 1.165) is 11.3 Å². The molecule has 13 nitrogen and oxygen atoms in total. The van der Waals surface area contributed by atoms with Gasteiger partial charge in [0.25, 0.3) is 11.8 Å². The number of alkyl halides is 3. The Morgan fingerprint density at radius 2 is 2.27 bits per heavy atom. The lowest BCUT2D eigenvalue weighted by atomic mass is 10.1. The van der Waals surface area contributed by atoms with E-state index in [2.05, 4.69) is 25.4 Å². The highest BCUT2D eigenvalue weighted by Gasteiger charge is 2.49. The van der Waals surface area contributed by atoms with Crippen molar-refractivity contribution in [3.05, 3.63) is 26.9 Å². The molecule has 1 aliphatic heterocycles. The lowest BCUT2D eigenvalue weighted by Crippen LogP contribution is -2.65. The Labute approximate surface area is 167 Å². The van der Waals surface area contributed by atoms with Gasteiger partial charge < -0.3 is 15.9 Å². The van der Waals surface area contributed by atoms with Gasteiger partial charge in [-0.15, -0.1) is 16.4 Å². The van der Waals surface area contributed by atoms with Crippen molar-refractivity contribution in [1.82, 2.24) is 20.5 Å². The first kappa shape index (κ1) is 21.0. The number of aromatic nitrogens is 3. The molecule has 1 atom stereocenters. The molecule has 0 spiro atoms. The molecule has 30 heavy (non-hydrogen) atoms. The zero-order chi connectivity index (χ0) is 22.2. The van der Waals surface area contributed by atoms with Gasteiger partial charge in [0.15, 0.2) is 10.8 Å². The number of halogens is 3. The lowest BCUT2D eigenvalue weighted by Gasteiger charge is -2.36. The summed E-state index contributed by atoms with van der Waals surface area (Å²) in [6, 6.07) is -1.18. The van der Waals surface area contributed by atoms with Gasteiger partial charge in [-0.05, 0) is 0 Å². The second-order valence-corrected chi connectivity index (χ2v) is 6.58. The van der Waals surface area contributed by atoms with Gasteiger partial charge in [-0.1, -0.05) is 5.16 Å². The Balaban J connectivity index is 1.76. The van der Waals surface area contributed by atoms with Crippen LogP contribution in [0.15, 0.2) is 10.5 Å². The molecule has 1 fully saturated rings. The van der Waals surface area contributed by atoms with Crippen molar-refractivity contribution in [2.45, 2.75) is 12.2 Å². The number of β-lactam (4-membered cyclic amide) rings is 1. The van der Waals surface area contributed by atoms with E-state index in [-0.39, 0.29) is 23.1 Å². The normalized spacial score (nSPS) is 16.9. The maximum absolute atomic E-state index is 12.9. The number of H-pyrrole nitrogens is 1. The maximum atomic E-state index is 12.9. The van der Waals surface area contributed by atoms with Gasteiger partial charge in [0.2, 0.25) is 11.5 Å². The first-order valence-corrected chi connectivity index (χ1v) is 8.67. The van der Waals surface area contributed by atoms with Gasteiger partial charge in [0, 0.05) is 5.38 Å². The summed E-state index contributed by atoms with van der Waals surface area (Å²) in [5.41, 5.74) is 2.21. The standard InChI is InChI=1S/C13H11F3N8O5S/c1-29-22-6(5-3-30-12(17)19-5)10(25)18-4-2-23(11(4)26)9-7(24(27)28)8(20-21-9)13(14,15)16/h3-4H,2H2,1H3,(H2,17,19)(H,18,25)(H,20,21)/t4-/m0/s1. The molecule has 160 valence electrons. The Morgan fingerprint density at radius 3 is 2.77 bits per heavy atom. The molecule has 3 heterocycles. The van der Waals surface area contributed by atoms with E-state index in [1.807, 2.05) is 0 Å². The number of amides is 2. The fraction of sp³-hybridized carbons (Fsp3) is 0.308. The van der Waals surface area contributed by atoms with Crippen LogP contribution in [0, 0.1) is 10.1 Å². The number of carbonyl (C=O) groups is 2. The highest BCUT2D eigenvalue weighted by molar-refractivity contribution is 7.13. The van der Waals surface area contributed by atoms with E-state index in [1.54, 1.807) is 0 Å². The molecule has 3 rings (SSSR count). The number of rotatable bonds is 6. The minimum Gasteiger partial charge on any atom is -0.398 e. The zero-order valence-corrected chi connectivity index (χ0v) is 15.6. The lowest BCUT2D eigenvalue weighted by molar-refractivity contribution is -0.387. The minimum atomic E-state index is -5.07. The van der Waals surface area contributed by atoms with Crippen LogP contribution in [0.3, 0.4) is 0 Å². The Kier molecular flexibility index (Phi) is 5.29. The van der Waals surface area contributed by atoms with Crippen molar-refractivity contribution in [1.29, 1.82) is 0 Å². The zero-order valence-electron chi connectivity index (χ0n) is 14.8. The van der Waals surface area contributed by atoms with Crippen LogP contribution in [0.25, 0.3) is 0 Å². The summed E-state index contributed by atoms with van der Waals surface area (Å²) in [5.74, 6) is -2.57. The second kappa shape index (κ2) is 7.58. The molecule has 17 heteroatoms. The molecule has 0 saturated carbocycles. The quantitative estimate of drug-likeness (QED) is 0.243. The number of hydrogen-bond donors (Lipinski definition) is 3. The van der Waals surface area contributed by atoms with Gasteiger partial charge >= 0.3 is 11.9 Å². The van der Waals surface area contributed by atoms with Gasteiger partial charge in [-0.3, -0.25) is 29.7 Å². The number of nitrogens with one attached hydrogen (secondary N) is 2. The number of nitrogens with zero attached hydrogens (tertiary/aromatic N) is 5. The highest BCUT2D eigenvalue weighted by atomic mass is 32.1. The minimum absolute atomic E-state index is 0.0817. The maximum Gasteiger partial charge on any atom is 0.439 e. The average Bonchev–Trinajstić information content (AvgIpc) is 3.28. The van der Waals surface area contributed by atoms with Gasteiger partial charge in [-0.25, -0.2) is 4.98 Å². The number of hydrogen-bond acceptors (Lipinski definition) is 10. The Bertz CT molecular complexity index is 1050. The summed E-state index contributed by atoms with van der Waals surface area (Å²) in [7, 11) is 1.17. The molecule has 1 saturated heterocycles. The summed E-state index contributed by atoms with van der Waals surface area (Å²) in [5, 5.41) is 23.2. The van der Waals surface area contributed by atoms with Gasteiger partial charge in [-0.2, -0.15) is 13.2 Å². The summed E-state index contributed by atoms with van der Waals surface area (Å²) in [6.45, 7) is -0.354. The van der Waals surface area contributed by atoms with E-state index in [4.69, 9.17) is 5.73 Å². The third kappa shape index (κ3) is 3.73. The molecular weight excluding hydrogens is 437 g/mol. The van der Waals surface area contributed by atoms with Crippen LogP contribution in [0.5, 0.6) is 0 Å². The second-order valence-electron chi connectivity index (χ2n) is 5.69. The van der Waals surface area contributed by atoms with Crippen LogP contribution in [-0.2, 0) is 20.6 Å². The fourth-order valence-corrected chi connectivity index (χ4v) is 3.08. The number of carbonyl (C=O) groups excluding carboxylic acids is 2. The molecule has 2 aromatic rings. The number of anilines is 2. The van der Waals surface area contributed by atoms with Crippen LogP contribution in [0.4, 0.5) is 29.8 Å². The van der Waals surface area contributed by atoms with Crippen LogP contribution in [0.1, 0.15) is 11.4 Å². The fourth-order valence-electron chi connectivity index (χ4n) is 2.53. The largest absolute Gasteiger partial charge is 0.439 e. The molecule has 0 radical (unpaired) electrons. The van der Waals surface area contributed by atoms with Gasteiger partial charge in [0.1, 0.15) is 18.8 Å². The summed E-state index contributed by atoms with van der Waals surface area (Å²) in [4.78, 5) is 43.6. The molecule has 4 N–H and O–H groups in total. The van der Waals surface area contributed by atoms with Crippen LogP contribution in [-0.4, -0.2) is 57.3 Å². The number of thiazole rings is 1. The van der Waals surface area contributed by atoms with E-state index >= 15 is 0 Å². The molecule has 1 aliphatic rings. The Hall–Kier alpha value is -3.76. The molecular formula is C13H11F3N8O5S. The van der Waals surface area contributed by atoms with E-state index in [1.165, 1.54) is 17.6 Å². The number of nitro groups is 1. The van der Waals surface area contributed by atoms with Crippen LogP contribution < -0.4 is 16.0 Å². The van der Waals surface area contributed by atoms with Crippen molar-refractivity contribution >= 4 is 45.5 Å². The van der Waals surface area contributed by atoms with Crippen LogP contribution in [0.2, 0.25) is 0 Å². The average molecular weight is 448 g/mol. The Morgan fingerprint density at radius 1 is 1.57 bits per heavy atom. The van der Waals surface area contributed by atoms with Crippen molar-refractivity contribution in [3.8, 4) is 0 Å². The molecule has 0 aromatic carbocycles. The van der Waals surface area contributed by atoms with Gasteiger partial charge in [0.05, 0.1) is 11.5 Å².